The first-order valence-electron chi connectivity index (χ1n) is 5.11. The van der Waals surface area contributed by atoms with Crippen molar-refractivity contribution in [2.45, 2.75) is 6.04 Å². The highest BCUT2D eigenvalue weighted by Gasteiger charge is 2.14. The van der Waals surface area contributed by atoms with E-state index >= 15 is 0 Å². The summed E-state index contributed by atoms with van der Waals surface area (Å²) in [5.41, 5.74) is 1.03. The molecule has 0 aromatic heterocycles. The van der Waals surface area contributed by atoms with Crippen molar-refractivity contribution in [2.75, 3.05) is 27.3 Å². The third-order valence-electron chi connectivity index (χ3n) is 2.55. The summed E-state index contributed by atoms with van der Waals surface area (Å²) in [6, 6.07) is 7.56. The van der Waals surface area contributed by atoms with Gasteiger partial charge in [-0.3, -0.25) is 4.90 Å². The summed E-state index contributed by atoms with van der Waals surface area (Å²) in [5.74, 6) is 3.37. The Labute approximate surface area is 96.7 Å². The molecule has 0 fully saturated rings. The van der Waals surface area contributed by atoms with Gasteiger partial charge in [-0.25, -0.2) is 0 Å². The van der Waals surface area contributed by atoms with E-state index < -0.39 is 0 Å². The first kappa shape index (κ1) is 12.6. The maximum absolute atomic E-state index is 9.36. The summed E-state index contributed by atoms with van der Waals surface area (Å²) < 4.78 is 5.08. The molecule has 1 atom stereocenters. The molecule has 0 aliphatic rings. The number of methoxy groups -OCH3 is 1. The molecule has 16 heavy (non-hydrogen) atoms. The number of rotatable bonds is 5. The molecule has 0 bridgehead atoms. The number of aliphatic hydroxyl groups is 1. The molecule has 1 N–H and O–H groups in total. The van der Waals surface area contributed by atoms with E-state index in [1.807, 2.05) is 36.2 Å². The van der Waals surface area contributed by atoms with Gasteiger partial charge in [0, 0.05) is 0 Å². The van der Waals surface area contributed by atoms with Crippen molar-refractivity contribution in [3.63, 3.8) is 0 Å². The minimum Gasteiger partial charge on any atom is -0.497 e. The SMILES string of the molecule is C#CCN(C)[C@H](CO)c1ccc(OC)cc1. The molecule has 0 unspecified atom stereocenters. The Balaban J connectivity index is 2.83. The average molecular weight is 219 g/mol. The van der Waals surface area contributed by atoms with Crippen LogP contribution in [-0.2, 0) is 0 Å². The third kappa shape index (κ3) is 2.99. The number of nitrogens with zero attached hydrogens (tertiary/aromatic N) is 1. The summed E-state index contributed by atoms with van der Waals surface area (Å²) in [5, 5.41) is 9.36. The lowest BCUT2D eigenvalue weighted by Gasteiger charge is -2.24. The first-order chi connectivity index (χ1) is 7.72. The van der Waals surface area contributed by atoms with Crippen molar-refractivity contribution in [1.29, 1.82) is 0 Å². The van der Waals surface area contributed by atoms with E-state index in [-0.39, 0.29) is 12.6 Å². The molecule has 3 nitrogen and oxygen atoms in total. The molecule has 3 heteroatoms. The molecule has 0 aliphatic carbocycles. The van der Waals surface area contributed by atoms with Gasteiger partial charge in [0.15, 0.2) is 0 Å². The molecule has 0 saturated heterocycles. The van der Waals surface area contributed by atoms with Gasteiger partial charge in [-0.1, -0.05) is 18.1 Å². The predicted octanol–water partition coefficient (Wildman–Crippen LogP) is 1.29. The van der Waals surface area contributed by atoms with Crippen LogP contribution in [0.4, 0.5) is 0 Å². The van der Waals surface area contributed by atoms with Crippen LogP contribution in [0.15, 0.2) is 24.3 Å². The maximum Gasteiger partial charge on any atom is 0.118 e. The molecule has 0 spiro atoms. The Morgan fingerprint density at radius 3 is 2.50 bits per heavy atom. The number of hydrogen-bond donors (Lipinski definition) is 1. The Kier molecular flexibility index (Phi) is 4.84. The lowest BCUT2D eigenvalue weighted by Crippen LogP contribution is -2.27. The van der Waals surface area contributed by atoms with Crippen LogP contribution in [0.5, 0.6) is 5.75 Å². The summed E-state index contributed by atoms with van der Waals surface area (Å²) in [7, 11) is 3.52. The topological polar surface area (TPSA) is 32.7 Å². The number of benzene rings is 1. The number of terminal acetylenes is 1. The average Bonchev–Trinajstić information content (AvgIpc) is 2.31. The van der Waals surface area contributed by atoms with Crippen LogP contribution in [0, 0.1) is 12.3 Å². The fraction of sp³-hybridized carbons (Fsp3) is 0.385. The Morgan fingerprint density at radius 1 is 1.44 bits per heavy atom. The zero-order chi connectivity index (χ0) is 12.0. The second kappa shape index (κ2) is 6.16. The molecular weight excluding hydrogens is 202 g/mol. The summed E-state index contributed by atoms with van der Waals surface area (Å²) in [6.45, 7) is 0.557. The first-order valence-corrected chi connectivity index (χ1v) is 5.11. The second-order valence-electron chi connectivity index (χ2n) is 3.59. The normalized spacial score (nSPS) is 12.2. The van der Waals surface area contributed by atoms with E-state index in [2.05, 4.69) is 5.92 Å². The number of ether oxygens (including phenoxy) is 1. The van der Waals surface area contributed by atoms with Gasteiger partial charge in [0.1, 0.15) is 5.75 Å². The molecular formula is C13H17NO2. The lowest BCUT2D eigenvalue weighted by atomic mass is 10.1. The van der Waals surface area contributed by atoms with Crippen molar-refractivity contribution in [3.8, 4) is 18.1 Å². The number of hydrogen-bond acceptors (Lipinski definition) is 3. The van der Waals surface area contributed by atoms with Gasteiger partial charge < -0.3 is 9.84 Å². The van der Waals surface area contributed by atoms with Gasteiger partial charge in [-0.05, 0) is 24.7 Å². The highest BCUT2D eigenvalue weighted by atomic mass is 16.5. The largest absolute Gasteiger partial charge is 0.497 e. The highest BCUT2D eigenvalue weighted by Crippen LogP contribution is 2.21. The zero-order valence-electron chi connectivity index (χ0n) is 9.68. The van der Waals surface area contributed by atoms with Gasteiger partial charge in [-0.15, -0.1) is 6.42 Å². The molecule has 86 valence electrons. The molecule has 1 aromatic rings. The summed E-state index contributed by atoms with van der Waals surface area (Å²) in [6.07, 6.45) is 5.25. The van der Waals surface area contributed by atoms with E-state index in [0.717, 1.165) is 11.3 Å². The monoisotopic (exact) mass is 219 g/mol. The fourth-order valence-electron chi connectivity index (χ4n) is 1.58. The van der Waals surface area contributed by atoms with Crippen molar-refractivity contribution < 1.29 is 9.84 Å². The zero-order valence-corrected chi connectivity index (χ0v) is 9.68. The van der Waals surface area contributed by atoms with Crippen LogP contribution in [0.25, 0.3) is 0 Å². The molecule has 0 saturated carbocycles. The van der Waals surface area contributed by atoms with Gasteiger partial charge in [-0.2, -0.15) is 0 Å². The fourth-order valence-corrected chi connectivity index (χ4v) is 1.58. The van der Waals surface area contributed by atoms with Crippen LogP contribution in [0.1, 0.15) is 11.6 Å². The second-order valence-corrected chi connectivity index (χ2v) is 3.59. The van der Waals surface area contributed by atoms with Crippen LogP contribution in [0.2, 0.25) is 0 Å². The van der Waals surface area contributed by atoms with E-state index in [1.165, 1.54) is 0 Å². The predicted molar refractivity (Wildman–Crippen MR) is 64.3 cm³/mol. The van der Waals surface area contributed by atoms with E-state index in [4.69, 9.17) is 11.2 Å². The molecule has 0 aliphatic heterocycles. The quantitative estimate of drug-likeness (QED) is 0.758. The van der Waals surface area contributed by atoms with Crippen molar-refractivity contribution in [2.24, 2.45) is 0 Å². The summed E-state index contributed by atoms with van der Waals surface area (Å²) in [4.78, 5) is 1.93. The van der Waals surface area contributed by atoms with Gasteiger partial charge in [0.25, 0.3) is 0 Å². The van der Waals surface area contributed by atoms with Crippen LogP contribution in [-0.4, -0.2) is 37.3 Å². The number of aliphatic hydroxyl groups excluding tert-OH is 1. The lowest BCUT2D eigenvalue weighted by molar-refractivity contribution is 0.160. The van der Waals surface area contributed by atoms with Crippen LogP contribution in [0.3, 0.4) is 0 Å². The van der Waals surface area contributed by atoms with Crippen molar-refractivity contribution in [3.05, 3.63) is 29.8 Å². The van der Waals surface area contributed by atoms with Gasteiger partial charge in [0.2, 0.25) is 0 Å². The van der Waals surface area contributed by atoms with Crippen LogP contribution >= 0.6 is 0 Å². The highest BCUT2D eigenvalue weighted by molar-refractivity contribution is 5.29. The van der Waals surface area contributed by atoms with Crippen LogP contribution < -0.4 is 4.74 Å². The molecule has 1 rings (SSSR count). The smallest absolute Gasteiger partial charge is 0.118 e. The molecule has 0 heterocycles. The molecule has 1 aromatic carbocycles. The van der Waals surface area contributed by atoms with Crippen molar-refractivity contribution in [1.82, 2.24) is 4.90 Å². The maximum atomic E-state index is 9.36. The minimum absolute atomic E-state index is 0.0461. The third-order valence-corrected chi connectivity index (χ3v) is 2.55. The standard InChI is InChI=1S/C13H17NO2/c1-4-9-14(2)13(10-15)11-5-7-12(16-3)8-6-11/h1,5-8,13,15H,9-10H2,2-3H3/t13-/m1/s1. The van der Waals surface area contributed by atoms with E-state index in [1.54, 1.807) is 7.11 Å². The minimum atomic E-state index is -0.0676. The summed E-state index contributed by atoms with van der Waals surface area (Å²) >= 11 is 0. The Morgan fingerprint density at radius 2 is 2.06 bits per heavy atom. The molecule has 0 amide bonds. The Hall–Kier alpha value is -1.50. The van der Waals surface area contributed by atoms with Gasteiger partial charge >= 0.3 is 0 Å². The molecule has 0 radical (unpaired) electrons. The van der Waals surface area contributed by atoms with E-state index in [9.17, 15) is 5.11 Å². The van der Waals surface area contributed by atoms with Gasteiger partial charge in [0.05, 0.1) is 26.3 Å². The van der Waals surface area contributed by atoms with E-state index in [0.29, 0.717) is 6.54 Å². The Bertz CT molecular complexity index is 353. The number of likely N-dealkylation sites (N-methyl/N-ethyl adjacent to an activating group) is 1. The van der Waals surface area contributed by atoms with Crippen molar-refractivity contribution >= 4 is 0 Å².